The average molecular weight is 236 g/mol. The lowest BCUT2D eigenvalue weighted by molar-refractivity contribution is 1.05. The van der Waals surface area contributed by atoms with Crippen molar-refractivity contribution in [3.05, 3.63) is 0 Å². The number of hydrogen-bond acceptors (Lipinski definition) is 0. The monoisotopic (exact) mass is 234 g/mol. The second-order valence-electron chi connectivity index (χ2n) is 2.05. The fourth-order valence-corrected chi connectivity index (χ4v) is 2.41. The summed E-state index contributed by atoms with van der Waals surface area (Å²) in [5.41, 5.74) is 0.435. The van der Waals surface area contributed by atoms with Crippen LogP contribution >= 0.6 is 38.1 Å². The minimum atomic E-state index is -1.89. The lowest BCUT2D eigenvalue weighted by atomic mass is 10.6. The lowest BCUT2D eigenvalue weighted by Gasteiger charge is -2.16. The molecule has 0 aromatic rings. The molecule has 0 fully saturated rings. The van der Waals surface area contributed by atoms with Gasteiger partial charge in [0.15, 0.2) is 0 Å². The quantitative estimate of drug-likeness (QED) is 0.392. The van der Waals surface area contributed by atoms with Crippen molar-refractivity contribution < 1.29 is 0 Å². The molecule has 0 saturated carbocycles. The maximum Gasteiger partial charge on any atom is 0.263 e. The van der Waals surface area contributed by atoms with Crippen LogP contribution in [0, 0.1) is 0 Å². The topological polar surface area (TPSA) is 0 Å². The Labute approximate surface area is 69.1 Å². The van der Waals surface area contributed by atoms with Crippen molar-refractivity contribution >= 4 is 44.8 Å². The van der Waals surface area contributed by atoms with Gasteiger partial charge in [-0.15, -0.1) is 22.2 Å². The van der Waals surface area contributed by atoms with Crippen molar-refractivity contribution in [3.8, 4) is 0 Å². The third-order valence-electron chi connectivity index (χ3n) is 1.02. The van der Waals surface area contributed by atoms with Crippen LogP contribution in [0.4, 0.5) is 0 Å². The minimum Gasteiger partial charge on any atom is -0.145 e. The van der Waals surface area contributed by atoms with Crippen molar-refractivity contribution in [2.45, 2.75) is 19.4 Å². The van der Waals surface area contributed by atoms with Gasteiger partial charge in [0.25, 0.3) is 6.69 Å². The molecule has 0 nitrogen and oxygen atoms in total. The third kappa shape index (κ3) is 2.71. The standard InChI is InChI=1S/C4H9BrCl2Si/c1-4(2)8(6,7)3-5/h4H,3H2,1-2H3. The van der Waals surface area contributed by atoms with Gasteiger partial charge in [0, 0.05) is 4.95 Å². The van der Waals surface area contributed by atoms with E-state index in [1.807, 2.05) is 13.8 Å². The summed E-state index contributed by atoms with van der Waals surface area (Å²) in [6, 6.07) is 0. The van der Waals surface area contributed by atoms with Gasteiger partial charge in [-0.1, -0.05) is 29.8 Å². The smallest absolute Gasteiger partial charge is 0.145 e. The van der Waals surface area contributed by atoms with E-state index in [0.29, 0.717) is 5.54 Å². The first-order chi connectivity index (χ1) is 3.50. The first-order valence-electron chi connectivity index (χ1n) is 2.44. The molecule has 0 N–H and O–H groups in total. The van der Waals surface area contributed by atoms with Gasteiger partial charge in [-0.2, -0.15) is 0 Å². The van der Waals surface area contributed by atoms with E-state index in [2.05, 4.69) is 15.9 Å². The van der Waals surface area contributed by atoms with Gasteiger partial charge in [0.1, 0.15) is 0 Å². The molecule has 0 aliphatic heterocycles. The van der Waals surface area contributed by atoms with Gasteiger partial charge >= 0.3 is 0 Å². The first kappa shape index (κ1) is 9.28. The molecule has 0 bridgehead atoms. The van der Waals surface area contributed by atoms with Crippen molar-refractivity contribution in [2.75, 3.05) is 4.95 Å². The highest BCUT2D eigenvalue weighted by atomic mass is 79.9. The Morgan fingerprint density at radius 1 is 1.50 bits per heavy atom. The summed E-state index contributed by atoms with van der Waals surface area (Å²) < 4.78 is 0. The molecule has 0 heterocycles. The summed E-state index contributed by atoms with van der Waals surface area (Å²) in [4.78, 5) is 0.765. The molecule has 0 rings (SSSR count). The summed E-state index contributed by atoms with van der Waals surface area (Å²) in [5, 5.41) is 0. The van der Waals surface area contributed by atoms with Crippen LogP contribution < -0.4 is 0 Å². The molecule has 0 spiro atoms. The molecule has 50 valence electrons. The van der Waals surface area contributed by atoms with Crippen LogP contribution in [0.2, 0.25) is 5.54 Å². The maximum absolute atomic E-state index is 5.91. The summed E-state index contributed by atoms with van der Waals surface area (Å²) in [5.74, 6) is 0. The fourth-order valence-electron chi connectivity index (χ4n) is 0.154. The van der Waals surface area contributed by atoms with E-state index in [1.165, 1.54) is 0 Å². The Hall–Kier alpha value is 1.28. The first-order valence-corrected chi connectivity index (χ1v) is 7.87. The maximum atomic E-state index is 5.91. The Morgan fingerprint density at radius 2 is 1.88 bits per heavy atom. The Morgan fingerprint density at radius 3 is 1.88 bits per heavy atom. The summed E-state index contributed by atoms with van der Waals surface area (Å²) in [6.07, 6.45) is 0. The zero-order valence-electron chi connectivity index (χ0n) is 4.92. The van der Waals surface area contributed by atoms with Gasteiger partial charge in [-0.25, -0.2) is 0 Å². The SMILES string of the molecule is CC(C)[Si](Cl)(Cl)CBr. The van der Waals surface area contributed by atoms with Gasteiger partial charge < -0.3 is 0 Å². The van der Waals surface area contributed by atoms with Crippen LogP contribution in [0.3, 0.4) is 0 Å². The minimum absolute atomic E-state index is 0.435. The number of halogens is 3. The highest BCUT2D eigenvalue weighted by Crippen LogP contribution is 2.30. The highest BCUT2D eigenvalue weighted by molar-refractivity contribution is 9.10. The Bertz CT molecular complexity index is 74.4. The van der Waals surface area contributed by atoms with Crippen LogP contribution in [0.1, 0.15) is 13.8 Å². The zero-order chi connectivity index (χ0) is 6.78. The molecule has 0 atom stereocenters. The van der Waals surface area contributed by atoms with Crippen LogP contribution in [-0.2, 0) is 0 Å². The van der Waals surface area contributed by atoms with E-state index < -0.39 is 6.69 Å². The van der Waals surface area contributed by atoms with E-state index in [0.717, 1.165) is 4.95 Å². The Balaban J connectivity index is 3.71. The molecule has 0 aliphatic rings. The van der Waals surface area contributed by atoms with Gasteiger partial charge in [-0.3, -0.25) is 0 Å². The van der Waals surface area contributed by atoms with Crippen molar-refractivity contribution in [2.24, 2.45) is 0 Å². The van der Waals surface area contributed by atoms with E-state index in [4.69, 9.17) is 22.2 Å². The summed E-state index contributed by atoms with van der Waals surface area (Å²) >= 11 is 15.1. The Kier molecular flexibility index (Phi) is 4.00. The third-order valence-corrected chi connectivity index (χ3v) is 11.1. The zero-order valence-corrected chi connectivity index (χ0v) is 9.02. The normalized spacial score (nSPS) is 12.8. The second-order valence-corrected chi connectivity index (χ2v) is 11.3. The predicted molar refractivity (Wildman–Crippen MR) is 46.4 cm³/mol. The highest BCUT2D eigenvalue weighted by Gasteiger charge is 2.30. The van der Waals surface area contributed by atoms with E-state index in [1.54, 1.807) is 0 Å². The van der Waals surface area contributed by atoms with Crippen LogP contribution in [0.5, 0.6) is 0 Å². The van der Waals surface area contributed by atoms with Gasteiger partial charge in [-0.05, 0) is 5.54 Å². The molecule has 0 aliphatic carbocycles. The van der Waals surface area contributed by atoms with Crippen LogP contribution in [0.15, 0.2) is 0 Å². The van der Waals surface area contributed by atoms with E-state index in [9.17, 15) is 0 Å². The van der Waals surface area contributed by atoms with Crippen LogP contribution in [-0.4, -0.2) is 11.6 Å². The molecule has 8 heavy (non-hydrogen) atoms. The largest absolute Gasteiger partial charge is 0.263 e. The molecule has 0 aromatic carbocycles. The fraction of sp³-hybridized carbons (Fsp3) is 1.00. The van der Waals surface area contributed by atoms with E-state index in [-0.39, 0.29) is 0 Å². The molecule has 4 heteroatoms. The van der Waals surface area contributed by atoms with Gasteiger partial charge in [0.2, 0.25) is 0 Å². The summed E-state index contributed by atoms with van der Waals surface area (Å²) in [7, 11) is 0. The molecule has 0 aromatic heterocycles. The number of rotatable bonds is 2. The van der Waals surface area contributed by atoms with E-state index >= 15 is 0 Å². The molecule has 0 amide bonds. The molecule has 0 saturated heterocycles. The van der Waals surface area contributed by atoms with Gasteiger partial charge in [0.05, 0.1) is 0 Å². The second kappa shape index (κ2) is 3.45. The molecular formula is C4H9BrCl2Si. The van der Waals surface area contributed by atoms with Crippen molar-refractivity contribution in [1.29, 1.82) is 0 Å². The molecular weight excluding hydrogens is 227 g/mol. The average Bonchev–Trinajstić information content (AvgIpc) is 1.67. The van der Waals surface area contributed by atoms with Crippen molar-refractivity contribution in [3.63, 3.8) is 0 Å². The summed E-state index contributed by atoms with van der Waals surface area (Å²) in [6.45, 7) is 2.20. The molecule has 0 radical (unpaired) electrons. The van der Waals surface area contributed by atoms with Crippen LogP contribution in [0.25, 0.3) is 0 Å². The molecule has 0 unspecified atom stereocenters. The van der Waals surface area contributed by atoms with Crippen molar-refractivity contribution in [1.82, 2.24) is 0 Å². The number of hydrogen-bond donors (Lipinski definition) is 0. The number of alkyl halides is 1. The lowest BCUT2D eigenvalue weighted by Crippen LogP contribution is -2.25. The predicted octanol–water partition coefficient (Wildman–Crippen LogP) is 3.25.